The lowest BCUT2D eigenvalue weighted by Gasteiger charge is -2.16. The largest absolute Gasteiger partial charge is 0.329 e. The van der Waals surface area contributed by atoms with Gasteiger partial charge in [-0.25, -0.2) is 0 Å². The molecule has 42 valence electrons. The van der Waals surface area contributed by atoms with E-state index in [1.54, 1.807) is 0 Å². The van der Waals surface area contributed by atoms with Gasteiger partial charge in [0.2, 0.25) is 0 Å². The van der Waals surface area contributed by atoms with Crippen molar-refractivity contribution in [1.29, 1.82) is 0 Å². The first-order chi connectivity index (χ1) is 3.93. The van der Waals surface area contributed by atoms with Crippen molar-refractivity contribution in [1.82, 2.24) is 4.90 Å². The quantitative estimate of drug-likeness (QED) is 0.327. The van der Waals surface area contributed by atoms with E-state index in [1.807, 2.05) is 4.90 Å². The zero-order chi connectivity index (χ0) is 5.82. The average Bonchev–Trinajstić information content (AvgIpc) is 1.90. The first-order valence-corrected chi connectivity index (χ1v) is 2.79. The summed E-state index contributed by atoms with van der Waals surface area (Å²) in [5.41, 5.74) is 0. The smallest absolute Gasteiger partial charge is 0.0441 e. The van der Waals surface area contributed by atoms with Gasteiger partial charge in [0.25, 0.3) is 0 Å². The van der Waals surface area contributed by atoms with Gasteiger partial charge in [0.15, 0.2) is 0 Å². The van der Waals surface area contributed by atoms with Crippen LogP contribution in [0.5, 0.6) is 0 Å². The van der Waals surface area contributed by atoms with E-state index in [-0.39, 0.29) is 0 Å². The molecule has 0 spiro atoms. The van der Waals surface area contributed by atoms with Gasteiger partial charge in [-0.15, -0.1) is 0 Å². The lowest BCUT2D eigenvalue weighted by molar-refractivity contribution is 0.434. The highest BCUT2D eigenvalue weighted by atomic mass is 15.1. The van der Waals surface area contributed by atoms with Gasteiger partial charge in [-0.05, 0) is 6.42 Å². The van der Waals surface area contributed by atoms with Crippen LogP contribution in [0.4, 0.5) is 0 Å². The first-order valence-electron chi connectivity index (χ1n) is 2.79. The Bertz CT molecular complexity index is 130. The van der Waals surface area contributed by atoms with Gasteiger partial charge in [0.1, 0.15) is 0 Å². The van der Waals surface area contributed by atoms with E-state index in [2.05, 4.69) is 18.2 Å². The van der Waals surface area contributed by atoms with Crippen molar-refractivity contribution in [2.45, 2.75) is 6.42 Å². The molecule has 0 fully saturated rings. The molecule has 1 aliphatic heterocycles. The monoisotopic (exact) mass is 107 g/mol. The van der Waals surface area contributed by atoms with Crippen molar-refractivity contribution in [3.63, 3.8) is 0 Å². The number of hydrogen-bond acceptors (Lipinski definition) is 1. The SMILES string of the molecule is C#CN1CC=CCC1. The molecule has 0 radical (unpaired) electrons. The fraction of sp³-hybridized carbons (Fsp3) is 0.429. The van der Waals surface area contributed by atoms with Crippen LogP contribution in [0.3, 0.4) is 0 Å². The Balaban J connectivity index is 2.41. The summed E-state index contributed by atoms with van der Waals surface area (Å²) in [6, 6.07) is 2.59. The summed E-state index contributed by atoms with van der Waals surface area (Å²) in [5.74, 6) is 0. The molecule has 0 amide bonds. The molecular weight excluding hydrogens is 98.1 g/mol. The Morgan fingerprint density at radius 1 is 1.50 bits per heavy atom. The van der Waals surface area contributed by atoms with E-state index < -0.39 is 0 Å². The van der Waals surface area contributed by atoms with Crippen LogP contribution >= 0.6 is 0 Å². The molecule has 0 aromatic carbocycles. The Morgan fingerprint density at radius 3 is 2.75 bits per heavy atom. The number of terminal acetylenes is 1. The lowest BCUT2D eigenvalue weighted by atomic mass is 10.3. The maximum absolute atomic E-state index is 5.15. The maximum atomic E-state index is 5.15. The van der Waals surface area contributed by atoms with E-state index in [9.17, 15) is 0 Å². The minimum atomic E-state index is 0.927. The number of hydrogen-bond donors (Lipinski definition) is 0. The molecule has 1 heteroatoms. The van der Waals surface area contributed by atoms with Crippen LogP contribution in [-0.4, -0.2) is 18.0 Å². The molecule has 0 saturated heterocycles. The van der Waals surface area contributed by atoms with Crippen molar-refractivity contribution >= 4 is 0 Å². The van der Waals surface area contributed by atoms with Crippen LogP contribution in [0.2, 0.25) is 0 Å². The Morgan fingerprint density at radius 2 is 2.38 bits per heavy atom. The molecule has 1 aliphatic rings. The fourth-order valence-corrected chi connectivity index (χ4v) is 0.759. The van der Waals surface area contributed by atoms with Gasteiger partial charge in [-0.3, -0.25) is 0 Å². The highest BCUT2D eigenvalue weighted by molar-refractivity contribution is 4.97. The Hall–Kier alpha value is -0.900. The third-order valence-electron chi connectivity index (χ3n) is 1.24. The Kier molecular flexibility index (Phi) is 1.58. The molecule has 1 nitrogen and oxygen atoms in total. The van der Waals surface area contributed by atoms with Crippen molar-refractivity contribution in [2.24, 2.45) is 0 Å². The normalized spacial score (nSPS) is 18.1. The number of rotatable bonds is 0. The van der Waals surface area contributed by atoms with E-state index in [4.69, 9.17) is 6.42 Å². The van der Waals surface area contributed by atoms with Gasteiger partial charge < -0.3 is 4.90 Å². The molecule has 0 saturated carbocycles. The summed E-state index contributed by atoms with van der Waals surface area (Å²) in [6.45, 7) is 1.95. The van der Waals surface area contributed by atoms with E-state index in [0.717, 1.165) is 19.5 Å². The van der Waals surface area contributed by atoms with Gasteiger partial charge >= 0.3 is 0 Å². The molecule has 0 N–H and O–H groups in total. The van der Waals surface area contributed by atoms with Crippen molar-refractivity contribution in [3.05, 3.63) is 12.2 Å². The first kappa shape index (κ1) is 5.24. The van der Waals surface area contributed by atoms with Gasteiger partial charge in [-0.1, -0.05) is 18.6 Å². The predicted molar refractivity (Wildman–Crippen MR) is 34.2 cm³/mol. The second-order valence-corrected chi connectivity index (χ2v) is 1.84. The van der Waals surface area contributed by atoms with Crippen LogP contribution in [0, 0.1) is 12.5 Å². The lowest BCUT2D eigenvalue weighted by Crippen LogP contribution is -2.21. The molecule has 1 heterocycles. The highest BCUT2D eigenvalue weighted by Gasteiger charge is 1.97. The van der Waals surface area contributed by atoms with Gasteiger partial charge in [-0.2, -0.15) is 0 Å². The summed E-state index contributed by atoms with van der Waals surface area (Å²) in [6.07, 6.45) is 10.5. The summed E-state index contributed by atoms with van der Waals surface area (Å²) in [7, 11) is 0. The van der Waals surface area contributed by atoms with Crippen LogP contribution in [0.1, 0.15) is 6.42 Å². The van der Waals surface area contributed by atoms with Crippen LogP contribution < -0.4 is 0 Å². The summed E-state index contributed by atoms with van der Waals surface area (Å²) in [5, 5.41) is 0. The second-order valence-electron chi connectivity index (χ2n) is 1.84. The molecule has 0 unspecified atom stereocenters. The average molecular weight is 107 g/mol. The molecule has 0 atom stereocenters. The highest BCUT2D eigenvalue weighted by Crippen LogP contribution is 1.97. The van der Waals surface area contributed by atoms with Crippen LogP contribution in [-0.2, 0) is 0 Å². The minimum Gasteiger partial charge on any atom is -0.329 e. The zero-order valence-corrected chi connectivity index (χ0v) is 4.80. The van der Waals surface area contributed by atoms with E-state index in [0.29, 0.717) is 0 Å². The van der Waals surface area contributed by atoms with Crippen molar-refractivity contribution in [2.75, 3.05) is 13.1 Å². The van der Waals surface area contributed by atoms with E-state index in [1.165, 1.54) is 0 Å². The molecule has 8 heavy (non-hydrogen) atoms. The molecular formula is C7H9N. The maximum Gasteiger partial charge on any atom is 0.0441 e. The molecule has 0 aliphatic carbocycles. The topological polar surface area (TPSA) is 3.24 Å². The molecule has 0 bridgehead atoms. The number of nitrogens with zero attached hydrogens (tertiary/aromatic N) is 1. The van der Waals surface area contributed by atoms with Crippen LogP contribution in [0.15, 0.2) is 12.2 Å². The van der Waals surface area contributed by atoms with Gasteiger partial charge in [0, 0.05) is 19.1 Å². The summed E-state index contributed by atoms with van der Waals surface area (Å²) >= 11 is 0. The second kappa shape index (κ2) is 2.42. The minimum absolute atomic E-state index is 0.927. The molecule has 0 aromatic heterocycles. The molecule has 0 aromatic rings. The van der Waals surface area contributed by atoms with Crippen LogP contribution in [0.25, 0.3) is 0 Å². The summed E-state index contributed by atoms with van der Waals surface area (Å²) < 4.78 is 0. The van der Waals surface area contributed by atoms with Crippen molar-refractivity contribution < 1.29 is 0 Å². The van der Waals surface area contributed by atoms with Gasteiger partial charge in [0.05, 0.1) is 0 Å². The third-order valence-corrected chi connectivity index (χ3v) is 1.24. The van der Waals surface area contributed by atoms with Crippen molar-refractivity contribution in [3.8, 4) is 12.5 Å². The standard InChI is InChI=1S/C7H9N/c1-2-8-6-4-3-5-7-8/h1,3-4H,5-7H2. The third kappa shape index (κ3) is 1.04. The summed E-state index contributed by atoms with van der Waals surface area (Å²) in [4.78, 5) is 1.96. The van der Waals surface area contributed by atoms with E-state index >= 15 is 0 Å². The Labute approximate surface area is 50.0 Å². The molecule has 1 rings (SSSR count). The predicted octanol–water partition coefficient (Wildman–Crippen LogP) is 0.839. The zero-order valence-electron chi connectivity index (χ0n) is 4.80. The fourth-order valence-electron chi connectivity index (χ4n) is 0.759.